The summed E-state index contributed by atoms with van der Waals surface area (Å²) in [7, 11) is 0. The predicted molar refractivity (Wildman–Crippen MR) is 111 cm³/mol. The normalized spacial score (nSPS) is 16.4. The number of benzene rings is 2. The second-order valence-electron chi connectivity index (χ2n) is 7.54. The van der Waals surface area contributed by atoms with Gasteiger partial charge < -0.3 is 5.32 Å². The molecule has 0 radical (unpaired) electrons. The number of nitrogens with one attached hydrogen (secondary N) is 1. The fourth-order valence-corrected chi connectivity index (χ4v) is 3.58. The van der Waals surface area contributed by atoms with Gasteiger partial charge in [-0.15, -0.1) is 0 Å². The van der Waals surface area contributed by atoms with Crippen LogP contribution in [0.15, 0.2) is 53.6 Å². The average Bonchev–Trinajstić information content (AvgIpc) is 3.16. The summed E-state index contributed by atoms with van der Waals surface area (Å²) in [4.78, 5) is 12.7. The largest absolute Gasteiger partial charge is 0.416 e. The van der Waals surface area contributed by atoms with Crippen LogP contribution in [0.2, 0.25) is 0 Å². The molecule has 1 aliphatic heterocycles. The van der Waals surface area contributed by atoms with Gasteiger partial charge in [-0.25, -0.2) is 4.39 Å². The molecule has 1 aliphatic rings. The van der Waals surface area contributed by atoms with Crippen LogP contribution in [0.1, 0.15) is 55.3 Å². The lowest BCUT2D eigenvalue weighted by atomic mass is 10.0. The van der Waals surface area contributed by atoms with Gasteiger partial charge in [0.15, 0.2) is 0 Å². The van der Waals surface area contributed by atoms with Crippen molar-refractivity contribution in [3.8, 4) is 0 Å². The lowest BCUT2D eigenvalue weighted by molar-refractivity contribution is -0.137. The summed E-state index contributed by atoms with van der Waals surface area (Å²) in [5, 5.41) is 8.80. The number of carbonyl (C=O) groups excluding carboxylic acids is 1. The van der Waals surface area contributed by atoms with Crippen molar-refractivity contribution in [2.24, 2.45) is 5.10 Å². The first-order valence-electron chi connectivity index (χ1n) is 10.3. The summed E-state index contributed by atoms with van der Waals surface area (Å²) in [6.45, 7) is 2.62. The summed E-state index contributed by atoms with van der Waals surface area (Å²) >= 11 is 0. The third kappa shape index (κ3) is 5.83. The van der Waals surface area contributed by atoms with Gasteiger partial charge in [-0.3, -0.25) is 9.80 Å². The van der Waals surface area contributed by atoms with E-state index in [0.29, 0.717) is 17.7 Å². The zero-order chi connectivity index (χ0) is 22.4. The number of hydrogen-bond donors (Lipinski definition) is 1. The number of amides is 1. The number of alkyl halides is 3. The van der Waals surface area contributed by atoms with Crippen molar-refractivity contribution in [1.82, 2.24) is 10.3 Å². The highest BCUT2D eigenvalue weighted by Crippen LogP contribution is 2.33. The molecule has 0 spiro atoms. The Balaban J connectivity index is 1.70. The van der Waals surface area contributed by atoms with Crippen molar-refractivity contribution in [1.29, 1.82) is 0 Å². The molecule has 0 aliphatic carbocycles. The van der Waals surface area contributed by atoms with Crippen molar-refractivity contribution in [3.63, 3.8) is 0 Å². The molecule has 0 fully saturated rings. The first-order chi connectivity index (χ1) is 14.8. The highest BCUT2D eigenvalue weighted by atomic mass is 19.4. The summed E-state index contributed by atoms with van der Waals surface area (Å²) < 4.78 is 53.0. The summed E-state index contributed by atoms with van der Waals surface area (Å²) in [5.41, 5.74) is 0.298. The number of unbranched alkanes of at least 4 members (excludes halogenated alkanes) is 2. The summed E-state index contributed by atoms with van der Waals surface area (Å²) in [6, 6.07) is 10.9. The van der Waals surface area contributed by atoms with Crippen LogP contribution < -0.4 is 5.32 Å². The molecule has 1 unspecified atom stereocenters. The number of hydrogen-bond acceptors (Lipinski definition) is 3. The molecule has 166 valence electrons. The molecule has 1 amide bonds. The van der Waals surface area contributed by atoms with E-state index in [1.165, 1.54) is 18.2 Å². The number of hydrazone groups is 1. The van der Waals surface area contributed by atoms with Gasteiger partial charge >= 0.3 is 6.18 Å². The van der Waals surface area contributed by atoms with Crippen molar-refractivity contribution < 1.29 is 22.4 Å². The highest BCUT2D eigenvalue weighted by Gasteiger charge is 2.33. The molecule has 1 atom stereocenters. The van der Waals surface area contributed by atoms with Crippen LogP contribution in [-0.2, 0) is 17.5 Å². The molecule has 31 heavy (non-hydrogen) atoms. The van der Waals surface area contributed by atoms with E-state index >= 15 is 0 Å². The molecule has 3 rings (SSSR count). The van der Waals surface area contributed by atoms with E-state index in [4.69, 9.17) is 0 Å². The Morgan fingerprint density at radius 3 is 2.65 bits per heavy atom. The van der Waals surface area contributed by atoms with Gasteiger partial charge in [-0.2, -0.15) is 18.3 Å². The molecule has 0 aromatic heterocycles. The third-order valence-corrected chi connectivity index (χ3v) is 5.22. The van der Waals surface area contributed by atoms with Crippen LogP contribution in [0.4, 0.5) is 17.6 Å². The lowest BCUT2D eigenvalue weighted by Gasteiger charge is -2.24. The minimum atomic E-state index is -4.44. The van der Waals surface area contributed by atoms with E-state index in [2.05, 4.69) is 17.3 Å². The molecule has 0 bridgehead atoms. The Kier molecular flexibility index (Phi) is 7.30. The maximum Gasteiger partial charge on any atom is 0.416 e. The van der Waals surface area contributed by atoms with Gasteiger partial charge in [0.25, 0.3) is 5.91 Å². The molecule has 1 heterocycles. The van der Waals surface area contributed by atoms with Crippen LogP contribution >= 0.6 is 0 Å². The zero-order valence-electron chi connectivity index (χ0n) is 17.3. The van der Waals surface area contributed by atoms with Gasteiger partial charge in [-0.1, -0.05) is 50.1 Å². The van der Waals surface area contributed by atoms with Crippen LogP contribution in [0.3, 0.4) is 0 Å². The first-order valence-corrected chi connectivity index (χ1v) is 10.3. The van der Waals surface area contributed by atoms with Crippen LogP contribution in [0.25, 0.3) is 0 Å². The maximum absolute atomic E-state index is 14.4. The summed E-state index contributed by atoms with van der Waals surface area (Å²) in [6.07, 6.45) is -1.33. The van der Waals surface area contributed by atoms with Gasteiger partial charge in [0.1, 0.15) is 11.5 Å². The minimum absolute atomic E-state index is 0.0536. The quantitative estimate of drug-likeness (QED) is 0.442. The topological polar surface area (TPSA) is 44.7 Å². The van der Waals surface area contributed by atoms with Crippen LogP contribution in [0.5, 0.6) is 0 Å². The number of rotatable bonds is 8. The molecular weight excluding hydrogens is 410 g/mol. The molecular formula is C23H25F4N3O. The number of nitrogens with zero attached hydrogens (tertiary/aromatic N) is 2. The number of halogens is 4. The van der Waals surface area contributed by atoms with Crippen molar-refractivity contribution in [2.45, 2.75) is 51.4 Å². The van der Waals surface area contributed by atoms with Crippen molar-refractivity contribution in [3.05, 3.63) is 71.0 Å². The van der Waals surface area contributed by atoms with E-state index in [-0.39, 0.29) is 30.5 Å². The smallest absolute Gasteiger partial charge is 0.347 e. The maximum atomic E-state index is 14.4. The van der Waals surface area contributed by atoms with E-state index in [9.17, 15) is 22.4 Å². The lowest BCUT2D eigenvalue weighted by Crippen LogP contribution is -2.30. The SMILES string of the molecule is CCCCCN1N=C(C(=O)NCc2cccc(C(F)(F)F)c2)CC1c1ccccc1F. The van der Waals surface area contributed by atoms with Crippen molar-refractivity contribution in [2.75, 3.05) is 6.54 Å². The molecule has 8 heteroatoms. The standard InChI is InChI=1S/C23H25F4N3O/c1-2-3-6-12-30-21(18-10-4-5-11-19(18)24)14-20(29-30)22(31)28-15-16-8-7-9-17(13-16)23(25,26)27/h4-5,7-11,13,21H,2-3,6,12,14-15H2,1H3,(H,28,31). The van der Waals surface area contributed by atoms with Gasteiger partial charge in [0.2, 0.25) is 0 Å². The monoisotopic (exact) mass is 435 g/mol. The van der Waals surface area contributed by atoms with Gasteiger partial charge in [0.05, 0.1) is 11.6 Å². The second-order valence-corrected chi connectivity index (χ2v) is 7.54. The highest BCUT2D eigenvalue weighted by molar-refractivity contribution is 6.39. The number of carbonyl (C=O) groups is 1. The molecule has 0 saturated carbocycles. The van der Waals surface area contributed by atoms with Crippen LogP contribution in [-0.4, -0.2) is 23.2 Å². The molecule has 1 N–H and O–H groups in total. The van der Waals surface area contributed by atoms with E-state index < -0.39 is 17.6 Å². The van der Waals surface area contributed by atoms with Gasteiger partial charge in [-0.05, 0) is 30.2 Å². The summed E-state index contributed by atoms with van der Waals surface area (Å²) in [5.74, 6) is -0.814. The minimum Gasteiger partial charge on any atom is -0.347 e. The van der Waals surface area contributed by atoms with E-state index in [1.807, 2.05) is 0 Å². The Bertz CT molecular complexity index is 942. The Labute approximate surface area is 178 Å². The Morgan fingerprint density at radius 1 is 1.16 bits per heavy atom. The van der Waals surface area contributed by atoms with Crippen LogP contribution in [0, 0.1) is 5.82 Å². The molecule has 4 nitrogen and oxygen atoms in total. The fraction of sp³-hybridized carbons (Fsp3) is 0.391. The molecule has 2 aromatic carbocycles. The zero-order valence-corrected chi connectivity index (χ0v) is 17.3. The Morgan fingerprint density at radius 2 is 1.94 bits per heavy atom. The first kappa shape index (κ1) is 22.8. The van der Waals surface area contributed by atoms with E-state index in [1.54, 1.807) is 23.2 Å². The third-order valence-electron chi connectivity index (χ3n) is 5.22. The predicted octanol–water partition coefficient (Wildman–Crippen LogP) is 5.45. The van der Waals surface area contributed by atoms with Gasteiger partial charge in [0, 0.05) is 25.1 Å². The fourth-order valence-electron chi connectivity index (χ4n) is 3.58. The van der Waals surface area contributed by atoms with Crippen molar-refractivity contribution >= 4 is 11.6 Å². The van der Waals surface area contributed by atoms with E-state index in [0.717, 1.165) is 31.4 Å². The second kappa shape index (κ2) is 9.94. The molecule has 2 aromatic rings. The average molecular weight is 435 g/mol. The Hall–Kier alpha value is -2.90. The molecule has 0 saturated heterocycles.